The highest BCUT2D eigenvalue weighted by Gasteiger charge is 2.38. The lowest BCUT2D eigenvalue weighted by molar-refractivity contribution is -0.137. The summed E-state index contributed by atoms with van der Waals surface area (Å²) in [6.07, 6.45) is 8.83. The van der Waals surface area contributed by atoms with E-state index in [1.807, 2.05) is 58.3 Å². The van der Waals surface area contributed by atoms with E-state index in [4.69, 9.17) is 23.2 Å². The standard InChI is InChI=1S/C39H43Cl2N5O3/c1-26(43-39(49)44-32-12-6-3-7-13-32)37(47)46(25-28-16-18-42-36-15-9-8-14-35(28)36)33-17-19-45(34(24-33)20-27-10-4-2-5-11-27)38(48)29-21-30(40)23-31(41)22-29/h2,4-5,8-11,14-16,18,21-23,26,32-34H,3,6-7,12-13,17,19-20,24-25H2,1H3,(H2,43,44,49)/t26?,33-,34+/m0/s1. The number of para-hydroxylation sites is 1. The molecular formula is C39H43Cl2N5O3. The first-order chi connectivity index (χ1) is 23.7. The SMILES string of the molecule is CC(NC(=O)NC1CCCCC1)C(=O)N(Cc1ccnc2ccccc12)[C@H]1CCN(C(=O)c2cc(Cl)cc(Cl)c2)[C@H](Cc2ccccc2)C1. The van der Waals surface area contributed by atoms with Gasteiger partial charge in [0.1, 0.15) is 6.04 Å². The van der Waals surface area contributed by atoms with Gasteiger partial charge in [-0.3, -0.25) is 14.6 Å². The van der Waals surface area contributed by atoms with Crippen LogP contribution in [-0.4, -0.2) is 63.3 Å². The van der Waals surface area contributed by atoms with Crippen LogP contribution in [0.1, 0.15) is 73.4 Å². The number of nitrogens with one attached hydrogen (secondary N) is 2. The highest BCUT2D eigenvalue weighted by Crippen LogP contribution is 2.30. The van der Waals surface area contributed by atoms with Crippen molar-refractivity contribution in [3.8, 4) is 0 Å². The van der Waals surface area contributed by atoms with Crippen molar-refractivity contribution in [1.29, 1.82) is 0 Å². The summed E-state index contributed by atoms with van der Waals surface area (Å²) in [5.74, 6) is -0.305. The first kappa shape index (κ1) is 34.7. The molecule has 10 heteroatoms. The third kappa shape index (κ3) is 8.72. The molecule has 0 bridgehead atoms. The largest absolute Gasteiger partial charge is 0.335 e. The first-order valence-electron chi connectivity index (χ1n) is 17.3. The van der Waals surface area contributed by atoms with Crippen LogP contribution in [0.2, 0.25) is 10.0 Å². The molecular weight excluding hydrogens is 657 g/mol. The van der Waals surface area contributed by atoms with Crippen molar-refractivity contribution < 1.29 is 14.4 Å². The molecule has 256 valence electrons. The molecule has 0 radical (unpaired) electrons. The smallest absolute Gasteiger partial charge is 0.315 e. The van der Waals surface area contributed by atoms with Gasteiger partial charge in [-0.2, -0.15) is 0 Å². The second-order valence-electron chi connectivity index (χ2n) is 13.3. The third-order valence-corrected chi connectivity index (χ3v) is 10.3. The summed E-state index contributed by atoms with van der Waals surface area (Å²) in [6, 6.07) is 23.5. The second kappa shape index (κ2) is 16.0. The predicted molar refractivity (Wildman–Crippen MR) is 195 cm³/mol. The molecule has 2 aliphatic rings. The van der Waals surface area contributed by atoms with Gasteiger partial charge in [-0.1, -0.05) is 91.0 Å². The lowest BCUT2D eigenvalue weighted by atomic mass is 9.89. The van der Waals surface area contributed by atoms with E-state index in [1.54, 1.807) is 31.3 Å². The van der Waals surface area contributed by atoms with Crippen LogP contribution in [0.15, 0.2) is 85.1 Å². The zero-order chi connectivity index (χ0) is 34.3. The fourth-order valence-electron chi connectivity index (χ4n) is 7.35. The number of hydrogen-bond donors (Lipinski definition) is 2. The molecule has 1 saturated carbocycles. The molecule has 1 saturated heterocycles. The summed E-state index contributed by atoms with van der Waals surface area (Å²) in [5, 5.41) is 7.80. The van der Waals surface area contributed by atoms with E-state index >= 15 is 0 Å². The van der Waals surface area contributed by atoms with Gasteiger partial charge in [-0.05, 0) is 80.5 Å². The maximum atomic E-state index is 14.4. The van der Waals surface area contributed by atoms with E-state index in [-0.39, 0.29) is 36.0 Å². The quantitative estimate of drug-likeness (QED) is 0.186. The number of pyridine rings is 1. The van der Waals surface area contributed by atoms with Gasteiger partial charge in [0, 0.05) is 58.4 Å². The van der Waals surface area contributed by atoms with E-state index < -0.39 is 6.04 Å². The molecule has 2 N–H and O–H groups in total. The summed E-state index contributed by atoms with van der Waals surface area (Å²) in [6.45, 7) is 2.54. The molecule has 3 atom stereocenters. The Balaban J connectivity index is 1.28. The topological polar surface area (TPSA) is 94.6 Å². The number of nitrogens with zero attached hydrogens (tertiary/aromatic N) is 3. The van der Waals surface area contributed by atoms with Crippen LogP contribution in [-0.2, 0) is 17.8 Å². The molecule has 2 fully saturated rings. The number of piperidine rings is 1. The van der Waals surface area contributed by atoms with Gasteiger partial charge in [-0.15, -0.1) is 0 Å². The van der Waals surface area contributed by atoms with E-state index in [0.29, 0.717) is 48.0 Å². The fraction of sp³-hybridized carbons (Fsp3) is 0.385. The Labute approximate surface area is 298 Å². The Hall–Kier alpha value is -4.14. The number of urea groups is 1. The monoisotopic (exact) mass is 699 g/mol. The molecule has 2 heterocycles. The van der Waals surface area contributed by atoms with E-state index in [9.17, 15) is 14.4 Å². The average Bonchev–Trinajstić information content (AvgIpc) is 3.10. The van der Waals surface area contributed by atoms with Crippen LogP contribution in [0.3, 0.4) is 0 Å². The molecule has 1 aliphatic heterocycles. The van der Waals surface area contributed by atoms with Gasteiger partial charge in [0.05, 0.1) is 5.52 Å². The van der Waals surface area contributed by atoms with E-state index in [0.717, 1.165) is 47.7 Å². The molecule has 1 unspecified atom stereocenters. The van der Waals surface area contributed by atoms with Gasteiger partial charge >= 0.3 is 6.03 Å². The second-order valence-corrected chi connectivity index (χ2v) is 14.2. The molecule has 8 nitrogen and oxygen atoms in total. The summed E-state index contributed by atoms with van der Waals surface area (Å²) in [7, 11) is 0. The number of carbonyl (C=O) groups excluding carboxylic acids is 3. The number of benzene rings is 3. The van der Waals surface area contributed by atoms with Gasteiger partial charge in [0.2, 0.25) is 5.91 Å². The number of likely N-dealkylation sites (tertiary alicyclic amines) is 1. The number of rotatable bonds is 9. The summed E-state index contributed by atoms with van der Waals surface area (Å²) >= 11 is 12.6. The van der Waals surface area contributed by atoms with Crippen molar-refractivity contribution in [2.24, 2.45) is 0 Å². The molecule has 49 heavy (non-hydrogen) atoms. The number of hydrogen-bond acceptors (Lipinski definition) is 4. The minimum atomic E-state index is -0.752. The van der Waals surface area contributed by atoms with E-state index in [2.05, 4.69) is 27.8 Å². The molecule has 4 amide bonds. The maximum Gasteiger partial charge on any atom is 0.315 e. The zero-order valence-corrected chi connectivity index (χ0v) is 29.3. The lowest BCUT2D eigenvalue weighted by Crippen LogP contribution is -2.57. The number of aromatic nitrogens is 1. The maximum absolute atomic E-state index is 14.4. The van der Waals surface area contributed by atoms with Gasteiger partial charge < -0.3 is 20.4 Å². The predicted octanol–water partition coefficient (Wildman–Crippen LogP) is 7.81. The number of fused-ring (bicyclic) bond motifs is 1. The zero-order valence-electron chi connectivity index (χ0n) is 27.8. The van der Waals surface area contributed by atoms with Crippen molar-refractivity contribution in [3.05, 3.63) is 112 Å². The normalized spacial score (nSPS) is 18.9. The Morgan fingerprint density at radius 2 is 1.63 bits per heavy atom. The first-order valence-corrected chi connectivity index (χ1v) is 18.0. The molecule has 4 aromatic rings. The minimum Gasteiger partial charge on any atom is -0.335 e. The number of carbonyl (C=O) groups is 3. The molecule has 6 rings (SSSR count). The third-order valence-electron chi connectivity index (χ3n) is 9.83. The van der Waals surface area contributed by atoms with Gasteiger partial charge in [0.25, 0.3) is 5.91 Å². The van der Waals surface area contributed by atoms with Crippen LogP contribution in [0.25, 0.3) is 10.9 Å². The van der Waals surface area contributed by atoms with Crippen molar-refractivity contribution >= 4 is 52.0 Å². The van der Waals surface area contributed by atoms with Gasteiger partial charge in [-0.25, -0.2) is 4.79 Å². The summed E-state index contributed by atoms with van der Waals surface area (Å²) in [4.78, 5) is 49.8. The lowest BCUT2D eigenvalue weighted by Gasteiger charge is -2.44. The molecule has 3 aromatic carbocycles. The number of amides is 4. The van der Waals surface area contributed by atoms with Crippen molar-refractivity contribution in [3.63, 3.8) is 0 Å². The summed E-state index contributed by atoms with van der Waals surface area (Å²) < 4.78 is 0. The van der Waals surface area contributed by atoms with Crippen LogP contribution >= 0.6 is 23.2 Å². The molecule has 1 aromatic heterocycles. The number of halogens is 2. The fourth-order valence-corrected chi connectivity index (χ4v) is 7.87. The van der Waals surface area contributed by atoms with Crippen LogP contribution in [0.4, 0.5) is 4.79 Å². The average molecular weight is 701 g/mol. The highest BCUT2D eigenvalue weighted by atomic mass is 35.5. The molecule has 1 aliphatic carbocycles. The Kier molecular flexibility index (Phi) is 11.4. The Morgan fingerprint density at radius 1 is 0.918 bits per heavy atom. The highest BCUT2D eigenvalue weighted by molar-refractivity contribution is 6.35. The van der Waals surface area contributed by atoms with Crippen LogP contribution in [0.5, 0.6) is 0 Å². The van der Waals surface area contributed by atoms with Crippen molar-refractivity contribution in [1.82, 2.24) is 25.4 Å². The van der Waals surface area contributed by atoms with Crippen LogP contribution < -0.4 is 10.6 Å². The van der Waals surface area contributed by atoms with Crippen molar-refractivity contribution in [2.75, 3.05) is 6.54 Å². The Bertz CT molecular complexity index is 1760. The van der Waals surface area contributed by atoms with Crippen molar-refractivity contribution in [2.45, 2.75) is 89.0 Å². The van der Waals surface area contributed by atoms with Gasteiger partial charge in [0.15, 0.2) is 0 Å². The van der Waals surface area contributed by atoms with E-state index in [1.165, 1.54) is 6.42 Å². The minimum absolute atomic E-state index is 0.130. The Morgan fingerprint density at radius 3 is 2.39 bits per heavy atom. The summed E-state index contributed by atoms with van der Waals surface area (Å²) in [5.41, 5.74) is 3.37. The van der Waals surface area contributed by atoms with Crippen LogP contribution in [0, 0.1) is 0 Å². The molecule has 0 spiro atoms.